The average Bonchev–Trinajstić information content (AvgIpc) is 2.90. The highest BCUT2D eigenvalue weighted by Gasteiger charge is 2.43. The monoisotopic (exact) mass is 407 g/mol. The van der Waals surface area contributed by atoms with Crippen LogP contribution in [0.15, 0.2) is 48.5 Å². The molecule has 3 nitrogen and oxygen atoms in total. The Labute approximate surface area is 166 Å². The highest BCUT2D eigenvalue weighted by atomic mass is 19.4. The minimum atomic E-state index is -4.89. The molecule has 7 heteroatoms. The molecule has 0 aromatic heterocycles. The number of rotatable bonds is 5. The van der Waals surface area contributed by atoms with Crippen LogP contribution in [0, 0.1) is 11.7 Å². The van der Waals surface area contributed by atoms with Gasteiger partial charge < -0.3 is 4.74 Å². The van der Waals surface area contributed by atoms with E-state index in [0.717, 1.165) is 37.6 Å². The molecule has 2 heterocycles. The number of Topliss-reactive ketones (excluding diaryl/α,β-unsaturated/α-hetero) is 1. The number of hydrogen-bond donors (Lipinski definition) is 0. The van der Waals surface area contributed by atoms with Gasteiger partial charge in [0, 0.05) is 24.5 Å². The molecule has 29 heavy (non-hydrogen) atoms. The van der Waals surface area contributed by atoms with Crippen molar-refractivity contribution in [1.29, 1.82) is 0 Å². The molecule has 2 atom stereocenters. The molecule has 2 aromatic rings. The highest BCUT2D eigenvalue weighted by Crippen LogP contribution is 2.41. The first-order valence-corrected chi connectivity index (χ1v) is 9.69. The van der Waals surface area contributed by atoms with Crippen LogP contribution >= 0.6 is 0 Å². The SMILES string of the molecule is O=C(c1cc(OC(F)(F)F)ccc1F)C1CC2CCC(C1)N2Cc1ccccc1. The van der Waals surface area contributed by atoms with Crippen molar-refractivity contribution in [3.8, 4) is 5.75 Å². The summed E-state index contributed by atoms with van der Waals surface area (Å²) >= 11 is 0. The second-order valence-electron chi connectivity index (χ2n) is 7.76. The molecule has 2 fully saturated rings. The summed E-state index contributed by atoms with van der Waals surface area (Å²) in [6, 6.07) is 13.1. The molecule has 0 amide bonds. The van der Waals surface area contributed by atoms with Crippen molar-refractivity contribution < 1.29 is 27.1 Å². The Bertz CT molecular complexity index is 870. The van der Waals surface area contributed by atoms with Gasteiger partial charge in [0.05, 0.1) is 5.56 Å². The first kappa shape index (κ1) is 19.9. The van der Waals surface area contributed by atoms with Gasteiger partial charge in [-0.3, -0.25) is 9.69 Å². The van der Waals surface area contributed by atoms with E-state index >= 15 is 0 Å². The number of hydrogen-bond acceptors (Lipinski definition) is 3. The van der Waals surface area contributed by atoms with E-state index in [1.165, 1.54) is 5.56 Å². The molecule has 2 bridgehead atoms. The summed E-state index contributed by atoms with van der Waals surface area (Å²) in [6.07, 6.45) is -1.76. The first-order valence-electron chi connectivity index (χ1n) is 9.69. The lowest BCUT2D eigenvalue weighted by molar-refractivity contribution is -0.274. The van der Waals surface area contributed by atoms with Gasteiger partial charge in [-0.2, -0.15) is 0 Å². The maximum Gasteiger partial charge on any atom is 0.573 e. The smallest absolute Gasteiger partial charge is 0.406 e. The number of alkyl halides is 3. The zero-order valence-corrected chi connectivity index (χ0v) is 15.7. The molecule has 0 aliphatic carbocycles. The Kier molecular flexibility index (Phi) is 5.34. The molecule has 4 rings (SSSR count). The molecule has 2 saturated heterocycles. The molecular weight excluding hydrogens is 386 g/mol. The molecule has 0 radical (unpaired) electrons. The van der Waals surface area contributed by atoms with Crippen molar-refractivity contribution >= 4 is 5.78 Å². The maximum atomic E-state index is 14.2. The summed E-state index contributed by atoms with van der Waals surface area (Å²) in [5.74, 6) is -2.23. The Morgan fingerprint density at radius 3 is 2.31 bits per heavy atom. The summed E-state index contributed by atoms with van der Waals surface area (Å²) in [5.41, 5.74) is 0.880. The van der Waals surface area contributed by atoms with E-state index in [2.05, 4.69) is 21.8 Å². The first-order chi connectivity index (χ1) is 13.8. The Morgan fingerprint density at radius 2 is 1.69 bits per heavy atom. The van der Waals surface area contributed by atoms with Crippen LogP contribution in [0.2, 0.25) is 0 Å². The van der Waals surface area contributed by atoms with Gasteiger partial charge in [-0.15, -0.1) is 13.2 Å². The molecule has 154 valence electrons. The number of ether oxygens (including phenoxy) is 1. The number of ketones is 1. The molecule has 2 unspecified atom stereocenters. The van der Waals surface area contributed by atoms with E-state index in [-0.39, 0.29) is 17.6 Å². The number of carbonyl (C=O) groups excluding carboxylic acids is 1. The van der Waals surface area contributed by atoms with Gasteiger partial charge in [-0.05, 0) is 49.4 Å². The standard InChI is InChI=1S/C22H21F4NO2/c23-20-9-8-18(29-22(24,25)26)12-19(20)21(28)15-10-16-6-7-17(11-15)27(16)13-14-4-2-1-3-5-14/h1-5,8-9,12,15-17H,6-7,10-11,13H2. The summed E-state index contributed by atoms with van der Waals surface area (Å²) in [5, 5.41) is 0. The predicted octanol–water partition coefficient (Wildman–Crippen LogP) is 5.35. The molecule has 0 N–H and O–H groups in total. The van der Waals surface area contributed by atoms with E-state index in [1.54, 1.807) is 0 Å². The van der Waals surface area contributed by atoms with Crippen molar-refractivity contribution in [2.75, 3.05) is 0 Å². The molecule has 2 aromatic carbocycles. The van der Waals surface area contributed by atoms with Gasteiger partial charge in [-0.1, -0.05) is 30.3 Å². The van der Waals surface area contributed by atoms with Crippen molar-refractivity contribution in [1.82, 2.24) is 4.90 Å². The fourth-order valence-corrected chi connectivity index (χ4v) is 4.65. The maximum absolute atomic E-state index is 14.2. The van der Waals surface area contributed by atoms with Crippen LogP contribution in [0.1, 0.15) is 41.6 Å². The second kappa shape index (κ2) is 7.78. The summed E-state index contributed by atoms with van der Waals surface area (Å²) in [4.78, 5) is 15.3. The fraction of sp³-hybridized carbons (Fsp3) is 0.409. The lowest BCUT2D eigenvalue weighted by atomic mass is 9.84. The van der Waals surface area contributed by atoms with Gasteiger partial charge in [0.2, 0.25) is 0 Å². The number of halogens is 4. The summed E-state index contributed by atoms with van der Waals surface area (Å²) in [6.45, 7) is 0.806. The Balaban J connectivity index is 1.48. The van der Waals surface area contributed by atoms with E-state index in [1.807, 2.05) is 18.2 Å². The van der Waals surface area contributed by atoms with Crippen molar-refractivity contribution in [3.63, 3.8) is 0 Å². The van der Waals surface area contributed by atoms with Crippen LogP contribution in [0.5, 0.6) is 5.75 Å². The third kappa shape index (κ3) is 4.45. The molecule has 0 saturated carbocycles. The van der Waals surface area contributed by atoms with Crippen molar-refractivity contribution in [2.45, 2.75) is 50.7 Å². The van der Waals surface area contributed by atoms with Crippen molar-refractivity contribution in [3.05, 3.63) is 65.5 Å². The third-order valence-electron chi connectivity index (χ3n) is 5.90. The number of benzene rings is 2. The van der Waals surface area contributed by atoms with Crippen molar-refractivity contribution in [2.24, 2.45) is 5.92 Å². The Hall–Kier alpha value is -2.41. The minimum absolute atomic E-state index is 0.223. The zero-order valence-electron chi connectivity index (χ0n) is 15.7. The van der Waals surface area contributed by atoms with Crippen LogP contribution in [-0.2, 0) is 6.54 Å². The quantitative estimate of drug-likeness (QED) is 0.494. The number of carbonyl (C=O) groups is 1. The van der Waals surface area contributed by atoms with E-state index in [4.69, 9.17) is 0 Å². The molecule has 2 aliphatic heterocycles. The van der Waals surface area contributed by atoms with E-state index < -0.39 is 29.6 Å². The normalized spacial score (nSPS) is 24.5. The van der Waals surface area contributed by atoms with E-state index in [9.17, 15) is 22.4 Å². The summed E-state index contributed by atoms with van der Waals surface area (Å²) in [7, 11) is 0. The lowest BCUT2D eigenvalue weighted by Gasteiger charge is -2.38. The molecular formula is C22H21F4NO2. The predicted molar refractivity (Wildman–Crippen MR) is 98.9 cm³/mol. The van der Waals surface area contributed by atoms with E-state index in [0.29, 0.717) is 12.8 Å². The van der Waals surface area contributed by atoms with Gasteiger partial charge in [-0.25, -0.2) is 4.39 Å². The number of piperidine rings is 1. The van der Waals surface area contributed by atoms with Gasteiger partial charge >= 0.3 is 6.36 Å². The van der Waals surface area contributed by atoms with Crippen LogP contribution in [-0.4, -0.2) is 29.1 Å². The highest BCUT2D eigenvalue weighted by molar-refractivity contribution is 5.98. The van der Waals surface area contributed by atoms with Crippen LogP contribution < -0.4 is 4.74 Å². The van der Waals surface area contributed by atoms with Crippen LogP contribution in [0.4, 0.5) is 17.6 Å². The number of fused-ring (bicyclic) bond motifs is 2. The molecule has 2 aliphatic rings. The van der Waals surface area contributed by atoms with Gasteiger partial charge in [0.1, 0.15) is 11.6 Å². The fourth-order valence-electron chi connectivity index (χ4n) is 4.65. The largest absolute Gasteiger partial charge is 0.573 e. The van der Waals surface area contributed by atoms with Crippen LogP contribution in [0.25, 0.3) is 0 Å². The zero-order chi connectivity index (χ0) is 20.6. The summed E-state index contributed by atoms with van der Waals surface area (Å²) < 4.78 is 55.4. The lowest BCUT2D eigenvalue weighted by Crippen LogP contribution is -2.44. The van der Waals surface area contributed by atoms with Gasteiger partial charge in [0.25, 0.3) is 0 Å². The van der Waals surface area contributed by atoms with Crippen LogP contribution in [0.3, 0.4) is 0 Å². The molecule has 0 spiro atoms. The minimum Gasteiger partial charge on any atom is -0.406 e. The Morgan fingerprint density at radius 1 is 1.03 bits per heavy atom. The average molecular weight is 407 g/mol. The van der Waals surface area contributed by atoms with Gasteiger partial charge in [0.15, 0.2) is 5.78 Å². The second-order valence-corrected chi connectivity index (χ2v) is 7.76. The number of nitrogens with zero attached hydrogens (tertiary/aromatic N) is 1. The topological polar surface area (TPSA) is 29.5 Å². The third-order valence-corrected chi connectivity index (χ3v) is 5.90.